The molecule has 0 bridgehead atoms. The van der Waals surface area contributed by atoms with E-state index in [4.69, 9.17) is 9.59 Å². The molecule has 0 saturated carbocycles. The Bertz CT molecular complexity index is 208. The van der Waals surface area contributed by atoms with E-state index < -0.39 is 0 Å². The molecular weight excluding hydrogens is 465 g/mol. The summed E-state index contributed by atoms with van der Waals surface area (Å²) in [5.41, 5.74) is 0. The summed E-state index contributed by atoms with van der Waals surface area (Å²) in [6.45, 7) is 22.9. The summed E-state index contributed by atoms with van der Waals surface area (Å²) in [6.07, 6.45) is 26.4. The van der Waals surface area contributed by atoms with Gasteiger partial charge in [0.1, 0.15) is 0 Å². The second-order valence-corrected chi connectivity index (χ2v) is 13.2. The summed E-state index contributed by atoms with van der Waals surface area (Å²) < 4.78 is 0. The maximum atomic E-state index is 7.50. The van der Waals surface area contributed by atoms with Gasteiger partial charge in [-0.3, -0.25) is 9.59 Å². The maximum Gasteiger partial charge on any atom is 0.281 e. The maximum absolute atomic E-state index is 7.50. The molecule has 2 nitrogen and oxygen atoms in total. The van der Waals surface area contributed by atoms with Crippen LogP contribution in [0.25, 0.3) is 0 Å². The molecule has 0 spiro atoms. The molecule has 0 rings (SSSR count). The topological polar surface area (TPSA) is 34.1 Å². The molecule has 31 heavy (non-hydrogen) atoms. The van der Waals surface area contributed by atoms with Gasteiger partial charge >= 0.3 is 0 Å². The van der Waals surface area contributed by atoms with Gasteiger partial charge in [-0.1, -0.05) is 80.1 Å². The van der Waals surface area contributed by atoms with Gasteiger partial charge in [0, 0.05) is 16.5 Å². The average molecular weight is 519 g/mol. The van der Waals surface area contributed by atoms with Gasteiger partial charge in [-0.05, 0) is 75.5 Å². The molecule has 0 aromatic heterocycles. The molecule has 0 aliphatic carbocycles. The SMILES string of the molecule is CCCCP(CCCC)CCCC.CCCCP(CCCC)CCCC.[C]=O.[C]=O.[Ni]. The molecule has 0 unspecified atom stereocenters. The smallest absolute Gasteiger partial charge is 0.281 e. The molecule has 5 heteroatoms. The van der Waals surface area contributed by atoms with Crippen LogP contribution in [0.4, 0.5) is 0 Å². The molecule has 0 amide bonds. The minimum Gasteiger partial charge on any atom is -0.281 e. The molecule has 0 fully saturated rings. The molecular formula is C26H54NiO2P2. The third-order valence-electron chi connectivity index (χ3n) is 4.97. The third kappa shape index (κ3) is 41.4. The van der Waals surface area contributed by atoms with Crippen LogP contribution in [0.2, 0.25) is 0 Å². The number of unbranched alkanes of at least 4 members (excludes halogenated alkanes) is 6. The standard InChI is InChI=1S/2C12H27P.2CO.Ni/c2*1-4-7-10-13(11-8-5-2)12-9-6-3;2*1-2;/h2*4-12H2,1-3H3;;;. The monoisotopic (exact) mass is 518 g/mol. The van der Waals surface area contributed by atoms with Crippen LogP contribution in [0.1, 0.15) is 119 Å². The van der Waals surface area contributed by atoms with Crippen LogP contribution < -0.4 is 0 Å². The molecule has 0 heterocycles. The average Bonchev–Trinajstić information content (AvgIpc) is 2.81. The Hall–Kier alpha value is 0.694. The zero-order valence-corrected chi connectivity index (χ0v) is 24.5. The van der Waals surface area contributed by atoms with Crippen LogP contribution in [-0.4, -0.2) is 50.5 Å². The van der Waals surface area contributed by atoms with Gasteiger partial charge in [0.25, 0.3) is 13.6 Å². The van der Waals surface area contributed by atoms with Crippen molar-refractivity contribution in [3.05, 3.63) is 0 Å². The van der Waals surface area contributed by atoms with Gasteiger partial charge in [0.05, 0.1) is 0 Å². The number of hydrogen-bond donors (Lipinski definition) is 0. The normalized spacial score (nSPS) is 9.55. The zero-order chi connectivity index (χ0) is 23.9. The first-order chi connectivity index (χ1) is 14.7. The predicted molar refractivity (Wildman–Crippen MR) is 144 cm³/mol. The molecule has 190 valence electrons. The van der Waals surface area contributed by atoms with Crippen molar-refractivity contribution in [3.63, 3.8) is 0 Å². The van der Waals surface area contributed by atoms with Gasteiger partial charge < -0.3 is 0 Å². The summed E-state index contributed by atoms with van der Waals surface area (Å²) in [5.74, 6) is 0. The van der Waals surface area contributed by atoms with E-state index in [1.807, 2.05) is 0 Å². The minimum atomic E-state index is 0. The quantitative estimate of drug-likeness (QED) is 0.134. The molecule has 4 radical (unpaired) electrons. The van der Waals surface area contributed by atoms with E-state index in [9.17, 15) is 0 Å². The molecule has 0 aliphatic heterocycles. The van der Waals surface area contributed by atoms with E-state index in [-0.39, 0.29) is 16.5 Å². The van der Waals surface area contributed by atoms with Crippen molar-refractivity contribution in [2.45, 2.75) is 119 Å². The molecule has 0 atom stereocenters. The summed E-state index contributed by atoms with van der Waals surface area (Å²) in [7, 11) is 0.843. The fourth-order valence-corrected chi connectivity index (χ4v) is 8.88. The Morgan fingerprint density at radius 3 is 0.613 bits per heavy atom. The summed E-state index contributed by atoms with van der Waals surface area (Å²) in [4.78, 5) is 15.0. The van der Waals surface area contributed by atoms with Gasteiger partial charge in [0.15, 0.2) is 0 Å². The van der Waals surface area contributed by atoms with E-state index in [0.29, 0.717) is 15.8 Å². The van der Waals surface area contributed by atoms with Crippen LogP contribution in [0.5, 0.6) is 0 Å². The van der Waals surface area contributed by atoms with Crippen LogP contribution in [0.15, 0.2) is 0 Å². The first kappa shape index (κ1) is 41.9. The number of hydrogen-bond acceptors (Lipinski definition) is 2. The van der Waals surface area contributed by atoms with Crippen molar-refractivity contribution in [1.82, 2.24) is 0 Å². The van der Waals surface area contributed by atoms with E-state index >= 15 is 0 Å². The summed E-state index contributed by atoms with van der Waals surface area (Å²) in [5, 5.41) is 0. The number of carbonyl (C=O) groups excluding carboxylic acids is 2. The van der Waals surface area contributed by atoms with E-state index in [2.05, 4.69) is 55.1 Å². The Labute approximate surface area is 210 Å². The van der Waals surface area contributed by atoms with Crippen molar-refractivity contribution in [3.8, 4) is 0 Å². The van der Waals surface area contributed by atoms with Gasteiger partial charge in [0.2, 0.25) is 0 Å². The fraction of sp³-hybridized carbons (Fsp3) is 0.923. The Morgan fingerprint density at radius 1 is 0.387 bits per heavy atom. The van der Waals surface area contributed by atoms with E-state index in [1.165, 1.54) is 77.0 Å². The van der Waals surface area contributed by atoms with Crippen molar-refractivity contribution < 1.29 is 26.1 Å². The van der Waals surface area contributed by atoms with Crippen LogP contribution >= 0.6 is 15.8 Å². The number of rotatable bonds is 18. The first-order valence-corrected chi connectivity index (χ1v) is 16.3. The molecule has 0 aliphatic rings. The van der Waals surface area contributed by atoms with Crippen LogP contribution in [0.3, 0.4) is 0 Å². The Morgan fingerprint density at radius 2 is 0.516 bits per heavy atom. The van der Waals surface area contributed by atoms with Crippen molar-refractivity contribution in [2.75, 3.05) is 37.0 Å². The largest absolute Gasteiger partial charge is 0.281 e. The van der Waals surface area contributed by atoms with Gasteiger partial charge in [-0.25, -0.2) is 0 Å². The Kier molecular flexibility index (Phi) is 60.0. The van der Waals surface area contributed by atoms with Crippen molar-refractivity contribution >= 4 is 29.4 Å². The predicted octanol–water partition coefficient (Wildman–Crippen LogP) is 8.94. The summed E-state index contributed by atoms with van der Waals surface area (Å²) >= 11 is 0. The van der Waals surface area contributed by atoms with Gasteiger partial charge in [-0.2, -0.15) is 0 Å². The molecule has 0 aromatic rings. The van der Waals surface area contributed by atoms with Gasteiger partial charge in [-0.15, -0.1) is 15.8 Å². The van der Waals surface area contributed by atoms with Crippen molar-refractivity contribution in [2.24, 2.45) is 0 Å². The molecule has 0 aromatic carbocycles. The molecule has 0 saturated heterocycles. The van der Waals surface area contributed by atoms with Crippen LogP contribution in [-0.2, 0) is 26.1 Å². The van der Waals surface area contributed by atoms with E-state index in [0.717, 1.165) is 0 Å². The zero-order valence-electron chi connectivity index (χ0n) is 21.8. The third-order valence-corrected chi connectivity index (χ3v) is 10.7. The second kappa shape index (κ2) is 44.4. The van der Waals surface area contributed by atoms with Crippen LogP contribution in [0, 0.1) is 0 Å². The summed E-state index contributed by atoms with van der Waals surface area (Å²) in [6, 6.07) is 0. The van der Waals surface area contributed by atoms with E-state index in [1.54, 1.807) is 37.0 Å². The minimum absolute atomic E-state index is 0. The second-order valence-electron chi connectivity index (χ2n) is 7.80. The Balaban J connectivity index is -0.000000122. The first-order valence-electron chi connectivity index (χ1n) is 12.5. The van der Waals surface area contributed by atoms with Crippen molar-refractivity contribution in [1.29, 1.82) is 0 Å². The fourth-order valence-electron chi connectivity index (χ4n) is 2.96. The molecule has 0 N–H and O–H groups in total.